The third kappa shape index (κ3) is 4.96. The lowest BCUT2D eigenvalue weighted by molar-refractivity contribution is -0.135. The second-order valence-electron chi connectivity index (χ2n) is 10.3. The van der Waals surface area contributed by atoms with Crippen molar-refractivity contribution in [2.75, 3.05) is 33.3 Å². The van der Waals surface area contributed by atoms with Crippen LogP contribution < -0.4 is 4.74 Å². The number of likely N-dealkylation sites (N-methyl/N-ethyl adjacent to an activating group) is 1. The average Bonchev–Trinajstić information content (AvgIpc) is 3.32. The molecular formula is C28H33N3O5. The van der Waals surface area contributed by atoms with Crippen LogP contribution in [0.2, 0.25) is 0 Å². The molecule has 0 bridgehead atoms. The van der Waals surface area contributed by atoms with Gasteiger partial charge >= 0.3 is 0 Å². The first-order chi connectivity index (χ1) is 17.3. The van der Waals surface area contributed by atoms with Gasteiger partial charge in [-0.3, -0.25) is 9.59 Å². The summed E-state index contributed by atoms with van der Waals surface area (Å²) in [5.41, 5.74) is 1.83. The number of para-hydroxylation sites is 2. The average molecular weight is 492 g/mol. The number of nitrogens with one attached hydrogen (secondary N) is 1. The summed E-state index contributed by atoms with van der Waals surface area (Å²) in [5, 5.41) is 22.8. The molecule has 0 unspecified atom stereocenters. The van der Waals surface area contributed by atoms with Crippen molar-refractivity contribution in [1.29, 1.82) is 0 Å². The summed E-state index contributed by atoms with van der Waals surface area (Å²) in [6, 6.07) is 17.0. The summed E-state index contributed by atoms with van der Waals surface area (Å²) in [5.74, 6) is 0.352. The van der Waals surface area contributed by atoms with Crippen LogP contribution in [0.1, 0.15) is 35.3 Å². The highest BCUT2D eigenvalue weighted by Crippen LogP contribution is 2.39. The molecule has 8 heteroatoms. The molecule has 2 atom stereocenters. The Bertz CT molecular complexity index is 1210. The van der Waals surface area contributed by atoms with Gasteiger partial charge in [0.1, 0.15) is 11.4 Å². The van der Waals surface area contributed by atoms with E-state index in [4.69, 9.17) is 4.74 Å². The number of benzene rings is 2. The normalized spacial score (nSPS) is 23.0. The molecule has 0 radical (unpaired) electrons. The van der Waals surface area contributed by atoms with Crippen molar-refractivity contribution >= 4 is 22.7 Å². The number of rotatable bonds is 1. The van der Waals surface area contributed by atoms with Gasteiger partial charge in [0.25, 0.3) is 11.8 Å². The Hall–Kier alpha value is -3.36. The number of aliphatic hydroxyl groups is 2. The zero-order valence-electron chi connectivity index (χ0n) is 20.5. The van der Waals surface area contributed by atoms with E-state index in [2.05, 4.69) is 4.98 Å². The number of ether oxygens (including phenoxy) is 1. The first-order valence-electron chi connectivity index (χ1n) is 12.5. The number of carbonyl (C=O) groups is 2. The minimum Gasteiger partial charge on any atom is -0.483 e. The fraction of sp³-hybridized carbons (Fsp3) is 0.429. The summed E-state index contributed by atoms with van der Waals surface area (Å²) in [6.45, 7) is 1.36. The fourth-order valence-corrected chi connectivity index (χ4v) is 5.57. The lowest BCUT2D eigenvalue weighted by Gasteiger charge is -2.45. The van der Waals surface area contributed by atoms with Crippen LogP contribution in [0.25, 0.3) is 10.9 Å². The van der Waals surface area contributed by atoms with Crippen LogP contribution in [0.5, 0.6) is 5.75 Å². The zero-order chi connectivity index (χ0) is 25.3. The SMILES string of the molecule is CN1CC2(CCN(C(=O)c3cc4ccccc4[nH]3)CC2)C[C@@H](O)[C@@H](O)Cc2ccccc2OCC1=O. The van der Waals surface area contributed by atoms with Crippen molar-refractivity contribution in [3.8, 4) is 5.75 Å². The zero-order valence-corrected chi connectivity index (χ0v) is 20.5. The van der Waals surface area contributed by atoms with E-state index in [0.29, 0.717) is 50.3 Å². The van der Waals surface area contributed by atoms with E-state index in [1.165, 1.54) is 0 Å². The molecule has 1 spiro atoms. The Morgan fingerprint density at radius 3 is 2.56 bits per heavy atom. The smallest absolute Gasteiger partial charge is 0.270 e. The van der Waals surface area contributed by atoms with Crippen molar-refractivity contribution < 1.29 is 24.5 Å². The summed E-state index contributed by atoms with van der Waals surface area (Å²) >= 11 is 0. The number of amides is 2. The maximum absolute atomic E-state index is 13.2. The van der Waals surface area contributed by atoms with E-state index in [0.717, 1.165) is 16.5 Å². The van der Waals surface area contributed by atoms with Crippen LogP contribution in [0, 0.1) is 5.41 Å². The number of carbonyl (C=O) groups excluding carboxylic acids is 2. The van der Waals surface area contributed by atoms with Crippen molar-refractivity contribution in [2.24, 2.45) is 5.41 Å². The van der Waals surface area contributed by atoms with Gasteiger partial charge in [-0.2, -0.15) is 0 Å². The molecule has 8 nitrogen and oxygen atoms in total. The molecule has 1 aromatic heterocycles. The number of aromatic nitrogens is 1. The topological polar surface area (TPSA) is 106 Å². The standard InChI is InChI=1S/C28H33N3O5/c1-30-18-28(16-24(33)23(32)15-20-7-3-5-9-25(20)36-17-26(30)34)10-12-31(13-11-28)27(35)22-14-19-6-2-4-8-21(19)29-22/h2-9,14,23-24,29,32-33H,10-13,15-18H2,1H3/t23-,24+/m0/s1. The van der Waals surface area contributed by atoms with Gasteiger partial charge in [0.05, 0.1) is 12.2 Å². The highest BCUT2D eigenvalue weighted by molar-refractivity contribution is 5.98. The predicted molar refractivity (Wildman–Crippen MR) is 136 cm³/mol. The van der Waals surface area contributed by atoms with Crippen molar-refractivity contribution in [1.82, 2.24) is 14.8 Å². The maximum Gasteiger partial charge on any atom is 0.270 e. The Morgan fingerprint density at radius 1 is 1.06 bits per heavy atom. The summed E-state index contributed by atoms with van der Waals surface area (Å²) in [6.07, 6.45) is -0.0867. The number of hydrogen-bond acceptors (Lipinski definition) is 5. The van der Waals surface area contributed by atoms with Gasteiger partial charge < -0.3 is 29.7 Å². The lowest BCUT2D eigenvalue weighted by atomic mass is 9.72. The molecule has 2 aliphatic rings. The molecule has 1 fully saturated rings. The van der Waals surface area contributed by atoms with Crippen LogP contribution in [-0.4, -0.2) is 82.3 Å². The van der Waals surface area contributed by atoms with Gasteiger partial charge in [0.15, 0.2) is 6.61 Å². The third-order valence-corrected chi connectivity index (χ3v) is 7.71. The lowest BCUT2D eigenvalue weighted by Crippen LogP contribution is -2.51. The van der Waals surface area contributed by atoms with Crippen LogP contribution in [-0.2, 0) is 11.2 Å². The Kier molecular flexibility index (Phi) is 6.73. The minimum absolute atomic E-state index is 0.0516. The van der Waals surface area contributed by atoms with E-state index in [1.54, 1.807) is 18.0 Å². The van der Waals surface area contributed by atoms with Crippen molar-refractivity contribution in [2.45, 2.75) is 37.9 Å². The molecule has 3 N–H and O–H groups in total. The van der Waals surface area contributed by atoms with Crippen LogP contribution in [0.3, 0.4) is 0 Å². The molecule has 5 rings (SSSR count). The maximum atomic E-state index is 13.2. The Labute approximate surface area is 210 Å². The van der Waals surface area contributed by atoms with E-state index < -0.39 is 17.6 Å². The largest absolute Gasteiger partial charge is 0.483 e. The first-order valence-corrected chi connectivity index (χ1v) is 12.5. The number of nitrogens with zero attached hydrogens (tertiary/aromatic N) is 2. The summed E-state index contributed by atoms with van der Waals surface area (Å²) in [4.78, 5) is 32.8. The molecular weight excluding hydrogens is 458 g/mol. The van der Waals surface area contributed by atoms with Gasteiger partial charge in [-0.15, -0.1) is 0 Å². The third-order valence-electron chi connectivity index (χ3n) is 7.71. The van der Waals surface area contributed by atoms with Crippen LogP contribution >= 0.6 is 0 Å². The van der Waals surface area contributed by atoms with Crippen LogP contribution in [0.4, 0.5) is 0 Å². The second-order valence-corrected chi connectivity index (χ2v) is 10.3. The number of H-pyrrole nitrogens is 1. The molecule has 0 aliphatic carbocycles. The molecule has 3 heterocycles. The highest BCUT2D eigenvalue weighted by Gasteiger charge is 2.41. The number of hydrogen-bond donors (Lipinski definition) is 3. The van der Waals surface area contributed by atoms with Gasteiger partial charge in [-0.05, 0) is 48.4 Å². The number of aliphatic hydroxyl groups excluding tert-OH is 2. The molecule has 2 aromatic carbocycles. The van der Waals surface area contributed by atoms with E-state index in [9.17, 15) is 19.8 Å². The van der Waals surface area contributed by atoms with E-state index in [-0.39, 0.29) is 24.8 Å². The monoisotopic (exact) mass is 491 g/mol. The van der Waals surface area contributed by atoms with E-state index in [1.807, 2.05) is 53.4 Å². The fourth-order valence-electron chi connectivity index (χ4n) is 5.57. The molecule has 1 saturated heterocycles. The molecule has 3 aromatic rings. The van der Waals surface area contributed by atoms with E-state index >= 15 is 0 Å². The summed E-state index contributed by atoms with van der Waals surface area (Å²) < 4.78 is 5.78. The van der Waals surface area contributed by atoms with Gasteiger partial charge in [-0.25, -0.2) is 0 Å². The number of aromatic amines is 1. The Morgan fingerprint density at radius 2 is 1.78 bits per heavy atom. The highest BCUT2D eigenvalue weighted by atomic mass is 16.5. The predicted octanol–water partition coefficient (Wildman–Crippen LogP) is 2.60. The van der Waals surface area contributed by atoms with Gasteiger partial charge in [-0.1, -0.05) is 36.4 Å². The molecule has 190 valence electrons. The quantitative estimate of drug-likeness (QED) is 0.485. The Balaban J connectivity index is 1.33. The van der Waals surface area contributed by atoms with Gasteiger partial charge in [0.2, 0.25) is 0 Å². The molecule has 2 aliphatic heterocycles. The van der Waals surface area contributed by atoms with Crippen molar-refractivity contribution in [3.05, 3.63) is 65.9 Å². The molecule has 0 saturated carbocycles. The van der Waals surface area contributed by atoms with Gasteiger partial charge in [0, 0.05) is 44.0 Å². The van der Waals surface area contributed by atoms with Crippen LogP contribution in [0.15, 0.2) is 54.6 Å². The molecule has 2 amide bonds. The number of fused-ring (bicyclic) bond motifs is 2. The number of likely N-dealkylation sites (tertiary alicyclic amines) is 1. The first kappa shape index (κ1) is 24.3. The second kappa shape index (κ2) is 9.95. The summed E-state index contributed by atoms with van der Waals surface area (Å²) in [7, 11) is 1.75. The van der Waals surface area contributed by atoms with Crippen molar-refractivity contribution in [3.63, 3.8) is 0 Å². The minimum atomic E-state index is -0.961. The molecule has 36 heavy (non-hydrogen) atoms. The number of piperidine rings is 1.